The van der Waals surface area contributed by atoms with Crippen LogP contribution in [0.15, 0.2) is 48.5 Å². The molecule has 9 heteroatoms. The third kappa shape index (κ3) is 6.07. The van der Waals surface area contributed by atoms with Gasteiger partial charge in [0.15, 0.2) is 0 Å². The van der Waals surface area contributed by atoms with Crippen LogP contribution in [0.2, 0.25) is 0 Å². The van der Waals surface area contributed by atoms with Gasteiger partial charge in [-0.1, -0.05) is 24.3 Å². The average Bonchev–Trinajstić information content (AvgIpc) is 2.55. The SMILES string of the molecule is Br.O=C(O)c1ccccc1C(=O)O.O=C(O)c1ccccc1C(=O)O. The summed E-state index contributed by atoms with van der Waals surface area (Å²) in [7, 11) is 0. The van der Waals surface area contributed by atoms with Crippen molar-refractivity contribution in [1.29, 1.82) is 0 Å². The van der Waals surface area contributed by atoms with Gasteiger partial charge in [-0.05, 0) is 24.3 Å². The van der Waals surface area contributed by atoms with E-state index < -0.39 is 23.9 Å². The van der Waals surface area contributed by atoms with Gasteiger partial charge < -0.3 is 20.4 Å². The molecule has 0 aromatic heterocycles. The van der Waals surface area contributed by atoms with Crippen LogP contribution < -0.4 is 0 Å². The largest absolute Gasteiger partial charge is 0.478 e. The van der Waals surface area contributed by atoms with Crippen LogP contribution in [0, 0.1) is 0 Å². The third-order valence-electron chi connectivity index (χ3n) is 2.78. The highest BCUT2D eigenvalue weighted by Crippen LogP contribution is 2.08. The number of halogens is 1. The van der Waals surface area contributed by atoms with Crippen molar-refractivity contribution in [2.45, 2.75) is 0 Å². The molecule has 0 aliphatic heterocycles. The lowest BCUT2D eigenvalue weighted by atomic mass is 10.1. The smallest absolute Gasteiger partial charge is 0.336 e. The van der Waals surface area contributed by atoms with Crippen LogP contribution in [0.25, 0.3) is 0 Å². The first-order valence-electron chi connectivity index (χ1n) is 6.37. The van der Waals surface area contributed by atoms with Crippen molar-refractivity contribution in [2.75, 3.05) is 0 Å². The molecule has 0 spiro atoms. The highest BCUT2D eigenvalue weighted by molar-refractivity contribution is 8.93. The van der Waals surface area contributed by atoms with E-state index in [-0.39, 0.29) is 39.2 Å². The summed E-state index contributed by atoms with van der Waals surface area (Å²) < 4.78 is 0. The van der Waals surface area contributed by atoms with E-state index in [1.807, 2.05) is 0 Å². The van der Waals surface area contributed by atoms with Gasteiger partial charge in [0.1, 0.15) is 0 Å². The molecule has 0 bridgehead atoms. The summed E-state index contributed by atoms with van der Waals surface area (Å²) >= 11 is 0. The molecule has 132 valence electrons. The fourth-order valence-electron chi connectivity index (χ4n) is 1.71. The number of hydrogen-bond donors (Lipinski definition) is 4. The van der Waals surface area contributed by atoms with Gasteiger partial charge >= 0.3 is 23.9 Å². The molecule has 0 fully saturated rings. The molecule has 4 N–H and O–H groups in total. The Morgan fingerprint density at radius 3 is 0.760 bits per heavy atom. The zero-order chi connectivity index (χ0) is 18.3. The predicted octanol–water partition coefficient (Wildman–Crippen LogP) is 2.74. The number of carboxylic acid groups (broad SMARTS) is 4. The molecule has 0 atom stereocenters. The topological polar surface area (TPSA) is 149 Å². The molecule has 2 aromatic carbocycles. The molecule has 0 saturated heterocycles. The van der Waals surface area contributed by atoms with Crippen LogP contribution >= 0.6 is 17.0 Å². The first-order chi connectivity index (χ1) is 11.3. The minimum absolute atomic E-state index is 0. The Bertz CT molecular complexity index is 667. The monoisotopic (exact) mass is 412 g/mol. The van der Waals surface area contributed by atoms with E-state index in [9.17, 15) is 19.2 Å². The van der Waals surface area contributed by atoms with Gasteiger partial charge in [-0.2, -0.15) is 0 Å². The van der Waals surface area contributed by atoms with Gasteiger partial charge in [0.25, 0.3) is 0 Å². The van der Waals surface area contributed by atoms with Gasteiger partial charge in [-0.25, -0.2) is 19.2 Å². The summed E-state index contributed by atoms with van der Waals surface area (Å²) in [6, 6.07) is 11.0. The summed E-state index contributed by atoms with van der Waals surface area (Å²) in [5.74, 6) is -4.91. The van der Waals surface area contributed by atoms with E-state index in [2.05, 4.69) is 0 Å². The van der Waals surface area contributed by atoms with Crippen molar-refractivity contribution in [3.63, 3.8) is 0 Å². The molecule has 0 unspecified atom stereocenters. The Balaban J connectivity index is 0.000000443. The third-order valence-corrected chi connectivity index (χ3v) is 2.78. The second-order valence-corrected chi connectivity index (χ2v) is 4.31. The minimum Gasteiger partial charge on any atom is -0.478 e. The second-order valence-electron chi connectivity index (χ2n) is 4.31. The van der Waals surface area contributed by atoms with E-state index in [1.165, 1.54) is 48.5 Å². The van der Waals surface area contributed by atoms with E-state index in [1.54, 1.807) is 0 Å². The molecular weight excluding hydrogens is 400 g/mol. The van der Waals surface area contributed by atoms with Crippen LogP contribution in [0.1, 0.15) is 41.4 Å². The molecule has 8 nitrogen and oxygen atoms in total. The summed E-state index contributed by atoms with van der Waals surface area (Å²) in [6.45, 7) is 0. The van der Waals surface area contributed by atoms with Crippen molar-refractivity contribution >= 4 is 40.9 Å². The van der Waals surface area contributed by atoms with Crippen molar-refractivity contribution in [3.05, 3.63) is 70.8 Å². The molecule has 2 rings (SSSR count). The predicted molar refractivity (Wildman–Crippen MR) is 91.0 cm³/mol. The van der Waals surface area contributed by atoms with Gasteiger partial charge in [-0.15, -0.1) is 17.0 Å². The fraction of sp³-hybridized carbons (Fsp3) is 0. The first kappa shape index (κ1) is 21.8. The lowest BCUT2D eigenvalue weighted by Crippen LogP contribution is -2.06. The number of rotatable bonds is 4. The van der Waals surface area contributed by atoms with Gasteiger partial charge in [0.2, 0.25) is 0 Å². The Kier molecular flexibility index (Phi) is 8.57. The Hall–Kier alpha value is -3.20. The molecule has 25 heavy (non-hydrogen) atoms. The highest BCUT2D eigenvalue weighted by Gasteiger charge is 2.14. The molecule has 0 heterocycles. The van der Waals surface area contributed by atoms with Crippen LogP contribution in [-0.2, 0) is 0 Å². The lowest BCUT2D eigenvalue weighted by Gasteiger charge is -1.98. The summed E-state index contributed by atoms with van der Waals surface area (Å²) in [5.41, 5.74) is -0.759. The quantitative estimate of drug-likeness (QED) is 0.598. The molecule has 0 aliphatic rings. The van der Waals surface area contributed by atoms with Crippen LogP contribution in [0.3, 0.4) is 0 Å². The maximum atomic E-state index is 10.5. The van der Waals surface area contributed by atoms with Crippen LogP contribution in [0.5, 0.6) is 0 Å². The van der Waals surface area contributed by atoms with Crippen molar-refractivity contribution < 1.29 is 39.6 Å². The van der Waals surface area contributed by atoms with Gasteiger partial charge in [0, 0.05) is 0 Å². The summed E-state index contributed by atoms with van der Waals surface area (Å²) in [6.07, 6.45) is 0. The number of carboxylic acids is 4. The lowest BCUT2D eigenvalue weighted by molar-refractivity contribution is 0.0651. The van der Waals surface area contributed by atoms with E-state index in [4.69, 9.17) is 20.4 Å². The highest BCUT2D eigenvalue weighted by atomic mass is 79.9. The molecule has 0 amide bonds. The minimum atomic E-state index is -1.23. The normalized spacial score (nSPS) is 8.96. The summed E-state index contributed by atoms with van der Waals surface area (Å²) in [5, 5.41) is 34.2. The number of carbonyl (C=O) groups is 4. The average molecular weight is 413 g/mol. The molecule has 0 radical (unpaired) electrons. The Morgan fingerprint density at radius 2 is 0.640 bits per heavy atom. The van der Waals surface area contributed by atoms with Crippen LogP contribution in [0.4, 0.5) is 0 Å². The molecule has 0 saturated carbocycles. The molecule has 0 aliphatic carbocycles. The zero-order valence-electron chi connectivity index (χ0n) is 12.4. The fourth-order valence-corrected chi connectivity index (χ4v) is 1.71. The van der Waals surface area contributed by atoms with Gasteiger partial charge in [-0.3, -0.25) is 0 Å². The number of aromatic carboxylic acids is 4. The number of benzene rings is 2. The second kappa shape index (κ2) is 9.83. The van der Waals surface area contributed by atoms with Gasteiger partial charge in [0.05, 0.1) is 22.3 Å². The Morgan fingerprint density at radius 1 is 0.480 bits per heavy atom. The first-order valence-corrected chi connectivity index (χ1v) is 6.37. The molecular formula is C16H13BrO8. The van der Waals surface area contributed by atoms with Crippen LogP contribution in [-0.4, -0.2) is 44.3 Å². The zero-order valence-corrected chi connectivity index (χ0v) is 14.2. The number of hydrogen-bond acceptors (Lipinski definition) is 4. The van der Waals surface area contributed by atoms with E-state index in [0.29, 0.717) is 0 Å². The molecule has 2 aromatic rings. The Labute approximate surface area is 151 Å². The van der Waals surface area contributed by atoms with Crippen molar-refractivity contribution in [1.82, 2.24) is 0 Å². The van der Waals surface area contributed by atoms with Crippen molar-refractivity contribution in [3.8, 4) is 0 Å². The van der Waals surface area contributed by atoms with E-state index in [0.717, 1.165) is 0 Å². The maximum absolute atomic E-state index is 10.5. The summed E-state index contributed by atoms with van der Waals surface area (Å²) in [4.78, 5) is 41.9. The standard InChI is InChI=1S/2C8H6O4.BrH/c2*9-7(10)5-3-1-2-4-6(5)8(11)12;/h2*1-4H,(H,9,10)(H,11,12);1H. The van der Waals surface area contributed by atoms with E-state index >= 15 is 0 Å². The maximum Gasteiger partial charge on any atom is 0.336 e. The van der Waals surface area contributed by atoms with Crippen molar-refractivity contribution in [2.24, 2.45) is 0 Å².